The molecule has 1 atom stereocenters. The second-order valence-corrected chi connectivity index (χ2v) is 3.92. The quantitative estimate of drug-likeness (QED) is 0.760. The summed E-state index contributed by atoms with van der Waals surface area (Å²) in [5.74, 6) is 0. The second kappa shape index (κ2) is 3.51. The van der Waals surface area contributed by atoms with Gasteiger partial charge in [0.15, 0.2) is 0 Å². The van der Waals surface area contributed by atoms with Gasteiger partial charge in [-0.25, -0.2) is 0 Å². The summed E-state index contributed by atoms with van der Waals surface area (Å²) in [7, 11) is 0. The van der Waals surface area contributed by atoms with E-state index in [0.717, 1.165) is 5.56 Å². The highest BCUT2D eigenvalue weighted by molar-refractivity contribution is 9.09. The van der Waals surface area contributed by atoms with Crippen LogP contribution in [0.1, 0.15) is 16.5 Å². The van der Waals surface area contributed by atoms with E-state index in [0.29, 0.717) is 5.33 Å². The molecular weight excluding hydrogens is 212 g/mol. The second-order valence-electron chi connectivity index (χ2n) is 2.16. The first-order chi connectivity index (χ1) is 4.74. The fourth-order valence-electron chi connectivity index (χ4n) is 0.728. The van der Waals surface area contributed by atoms with Gasteiger partial charge in [0.1, 0.15) is 0 Å². The zero-order chi connectivity index (χ0) is 7.56. The van der Waals surface area contributed by atoms with E-state index in [1.807, 2.05) is 18.4 Å². The fourth-order valence-corrected chi connectivity index (χ4v) is 1.85. The number of alkyl halides is 1. The Morgan fingerprint density at radius 1 is 1.80 bits per heavy atom. The number of aliphatic hydroxyl groups is 1. The maximum Gasteiger partial charge on any atom is 0.0894 e. The van der Waals surface area contributed by atoms with Crippen molar-refractivity contribution in [1.82, 2.24) is 0 Å². The fraction of sp³-hybridized carbons (Fsp3) is 0.429. The molecule has 1 rings (SSSR count). The van der Waals surface area contributed by atoms with Crippen molar-refractivity contribution in [3.63, 3.8) is 0 Å². The molecule has 0 spiro atoms. The smallest absolute Gasteiger partial charge is 0.0894 e. The highest BCUT2D eigenvalue weighted by Gasteiger charge is 2.05. The van der Waals surface area contributed by atoms with E-state index in [9.17, 15) is 5.11 Å². The molecule has 0 amide bonds. The van der Waals surface area contributed by atoms with Crippen molar-refractivity contribution >= 4 is 27.3 Å². The van der Waals surface area contributed by atoms with E-state index in [1.165, 1.54) is 4.88 Å². The first-order valence-corrected chi connectivity index (χ1v) is 5.03. The number of hydrogen-bond donors (Lipinski definition) is 1. The van der Waals surface area contributed by atoms with Gasteiger partial charge in [0, 0.05) is 10.2 Å². The molecule has 10 heavy (non-hydrogen) atoms. The minimum absolute atomic E-state index is 0.343. The Morgan fingerprint density at radius 2 is 2.50 bits per heavy atom. The normalized spacial score (nSPS) is 13.5. The lowest BCUT2D eigenvalue weighted by Crippen LogP contribution is -1.94. The SMILES string of the molecule is Cc1cc(C(O)CBr)cs1. The Kier molecular flexibility index (Phi) is 2.89. The van der Waals surface area contributed by atoms with Gasteiger partial charge in [0.2, 0.25) is 0 Å². The van der Waals surface area contributed by atoms with Crippen LogP contribution in [-0.4, -0.2) is 10.4 Å². The molecular formula is C7H9BrOS. The standard InChI is InChI=1S/C7H9BrOS/c1-5-2-6(4-10-5)7(9)3-8/h2,4,7,9H,3H2,1H3. The van der Waals surface area contributed by atoms with Crippen LogP contribution in [0.25, 0.3) is 0 Å². The Morgan fingerprint density at radius 3 is 2.90 bits per heavy atom. The van der Waals surface area contributed by atoms with E-state index in [2.05, 4.69) is 15.9 Å². The molecule has 1 aromatic rings. The lowest BCUT2D eigenvalue weighted by atomic mass is 10.2. The average Bonchev–Trinajstić information content (AvgIpc) is 2.34. The summed E-state index contributed by atoms with van der Waals surface area (Å²) in [6.45, 7) is 2.04. The lowest BCUT2D eigenvalue weighted by molar-refractivity contribution is 0.206. The van der Waals surface area contributed by atoms with Gasteiger partial charge < -0.3 is 5.11 Å². The highest BCUT2D eigenvalue weighted by Crippen LogP contribution is 2.21. The third-order valence-electron chi connectivity index (χ3n) is 1.28. The first-order valence-electron chi connectivity index (χ1n) is 3.03. The molecule has 56 valence electrons. The maximum absolute atomic E-state index is 9.30. The van der Waals surface area contributed by atoms with Gasteiger partial charge in [-0.1, -0.05) is 15.9 Å². The van der Waals surface area contributed by atoms with Gasteiger partial charge in [-0.2, -0.15) is 0 Å². The van der Waals surface area contributed by atoms with Crippen LogP contribution in [0, 0.1) is 6.92 Å². The van der Waals surface area contributed by atoms with E-state index < -0.39 is 0 Å². The largest absolute Gasteiger partial charge is 0.388 e. The summed E-state index contributed by atoms with van der Waals surface area (Å²) in [4.78, 5) is 1.25. The molecule has 0 aliphatic carbocycles. The number of halogens is 1. The molecule has 1 heterocycles. The third kappa shape index (κ3) is 1.81. The van der Waals surface area contributed by atoms with E-state index in [1.54, 1.807) is 11.3 Å². The van der Waals surface area contributed by atoms with Crippen molar-refractivity contribution in [2.75, 3.05) is 5.33 Å². The first kappa shape index (κ1) is 8.24. The molecule has 3 heteroatoms. The third-order valence-corrected chi connectivity index (χ3v) is 2.77. The summed E-state index contributed by atoms with van der Waals surface area (Å²) in [6.07, 6.45) is -0.343. The van der Waals surface area contributed by atoms with Crippen LogP contribution in [0.3, 0.4) is 0 Å². The number of rotatable bonds is 2. The zero-order valence-electron chi connectivity index (χ0n) is 5.67. The van der Waals surface area contributed by atoms with Crippen LogP contribution in [0.15, 0.2) is 11.4 Å². The molecule has 0 saturated heterocycles. The Balaban J connectivity index is 2.74. The molecule has 0 aliphatic rings. The molecule has 1 N–H and O–H groups in total. The van der Waals surface area contributed by atoms with Gasteiger partial charge in [-0.05, 0) is 23.9 Å². The minimum atomic E-state index is -0.343. The molecule has 1 nitrogen and oxygen atoms in total. The topological polar surface area (TPSA) is 20.2 Å². The molecule has 0 fully saturated rings. The van der Waals surface area contributed by atoms with Crippen molar-refractivity contribution in [2.45, 2.75) is 13.0 Å². The summed E-state index contributed by atoms with van der Waals surface area (Å²) in [6, 6.07) is 2.01. The van der Waals surface area contributed by atoms with Crippen LogP contribution in [0.4, 0.5) is 0 Å². The predicted octanol–water partition coefficient (Wildman–Crippen LogP) is 2.48. The van der Waals surface area contributed by atoms with Crippen LogP contribution in [0.2, 0.25) is 0 Å². The molecule has 0 aliphatic heterocycles. The van der Waals surface area contributed by atoms with Gasteiger partial charge in [-0.15, -0.1) is 11.3 Å². The summed E-state index contributed by atoms with van der Waals surface area (Å²) in [5.41, 5.74) is 1.01. The lowest BCUT2D eigenvalue weighted by Gasteiger charge is -2.01. The van der Waals surface area contributed by atoms with Crippen LogP contribution in [0.5, 0.6) is 0 Å². The van der Waals surface area contributed by atoms with E-state index >= 15 is 0 Å². The van der Waals surface area contributed by atoms with Gasteiger partial charge in [-0.3, -0.25) is 0 Å². The van der Waals surface area contributed by atoms with Gasteiger partial charge in [0.25, 0.3) is 0 Å². The number of aliphatic hydroxyl groups excluding tert-OH is 1. The number of hydrogen-bond acceptors (Lipinski definition) is 2. The molecule has 0 radical (unpaired) electrons. The molecule has 0 bridgehead atoms. The Labute approximate surface area is 72.8 Å². The van der Waals surface area contributed by atoms with Crippen molar-refractivity contribution in [3.05, 3.63) is 21.9 Å². The Hall–Kier alpha value is 0.140. The van der Waals surface area contributed by atoms with Crippen LogP contribution < -0.4 is 0 Å². The summed E-state index contributed by atoms with van der Waals surface area (Å²) >= 11 is 4.88. The maximum atomic E-state index is 9.30. The molecule has 0 saturated carbocycles. The molecule has 0 aromatic carbocycles. The summed E-state index contributed by atoms with van der Waals surface area (Å²) < 4.78 is 0. The summed E-state index contributed by atoms with van der Waals surface area (Å²) in [5, 5.41) is 11.9. The monoisotopic (exact) mass is 220 g/mol. The van der Waals surface area contributed by atoms with Crippen LogP contribution >= 0.6 is 27.3 Å². The Bertz CT molecular complexity index is 209. The van der Waals surface area contributed by atoms with Crippen LogP contribution in [-0.2, 0) is 0 Å². The number of thiophene rings is 1. The average molecular weight is 221 g/mol. The predicted molar refractivity (Wildman–Crippen MR) is 47.8 cm³/mol. The van der Waals surface area contributed by atoms with Gasteiger partial charge in [0.05, 0.1) is 6.10 Å². The van der Waals surface area contributed by atoms with Crippen molar-refractivity contribution in [3.8, 4) is 0 Å². The van der Waals surface area contributed by atoms with Gasteiger partial charge >= 0.3 is 0 Å². The molecule has 1 unspecified atom stereocenters. The van der Waals surface area contributed by atoms with Crippen molar-refractivity contribution in [1.29, 1.82) is 0 Å². The number of aryl methyl sites for hydroxylation is 1. The van der Waals surface area contributed by atoms with Crippen molar-refractivity contribution < 1.29 is 5.11 Å². The zero-order valence-corrected chi connectivity index (χ0v) is 8.08. The minimum Gasteiger partial charge on any atom is -0.388 e. The van der Waals surface area contributed by atoms with Crippen molar-refractivity contribution in [2.24, 2.45) is 0 Å². The molecule has 1 aromatic heterocycles. The van der Waals surface area contributed by atoms with E-state index in [4.69, 9.17) is 0 Å². The highest BCUT2D eigenvalue weighted by atomic mass is 79.9. The van der Waals surface area contributed by atoms with E-state index in [-0.39, 0.29) is 6.10 Å².